The average Bonchev–Trinajstić information content (AvgIpc) is 3.25. The number of hydrogen-bond acceptors (Lipinski definition) is 5. The molecule has 0 atom stereocenters. The fourth-order valence-electron chi connectivity index (χ4n) is 2.98. The molecule has 0 fully saturated rings. The van der Waals surface area contributed by atoms with Gasteiger partial charge in [-0.05, 0) is 61.7 Å². The van der Waals surface area contributed by atoms with Gasteiger partial charge in [0.05, 0.1) is 5.56 Å². The van der Waals surface area contributed by atoms with Crippen LogP contribution in [0, 0.1) is 20.8 Å². The van der Waals surface area contributed by atoms with Crippen LogP contribution < -0.4 is 0 Å². The van der Waals surface area contributed by atoms with Gasteiger partial charge in [0, 0.05) is 10.9 Å². The van der Waals surface area contributed by atoms with Crippen molar-refractivity contribution in [2.75, 3.05) is 0 Å². The maximum absolute atomic E-state index is 11.1. The normalized spacial score (nSPS) is 11.2. The summed E-state index contributed by atoms with van der Waals surface area (Å²) in [4.78, 5) is 15.5. The first-order valence-corrected chi connectivity index (χ1v) is 8.12. The molecule has 130 valence electrons. The van der Waals surface area contributed by atoms with E-state index in [1.165, 1.54) is 6.07 Å². The summed E-state index contributed by atoms with van der Waals surface area (Å²) in [7, 11) is 0. The van der Waals surface area contributed by atoms with Gasteiger partial charge >= 0.3 is 5.97 Å². The molecule has 0 saturated heterocycles. The topological polar surface area (TPSA) is 89.4 Å². The molecule has 2 aromatic carbocycles. The van der Waals surface area contributed by atoms with Crippen molar-refractivity contribution >= 4 is 16.9 Å². The van der Waals surface area contributed by atoms with Crippen LogP contribution in [0.4, 0.5) is 0 Å². The van der Waals surface area contributed by atoms with Crippen molar-refractivity contribution in [1.82, 2.24) is 10.1 Å². The standard InChI is InChI=1S/C20H16N2O4/c1-10-4-5-11(2)17-15(10)9-16(25-17)19-21-18(22-26-19)14-7-6-13(20(23)24)8-12(14)3/h4-9H,1-3H3,(H,23,24). The Morgan fingerprint density at radius 3 is 2.46 bits per heavy atom. The molecule has 4 aromatic rings. The highest BCUT2D eigenvalue weighted by Gasteiger charge is 2.18. The molecule has 0 bridgehead atoms. The highest BCUT2D eigenvalue weighted by Crippen LogP contribution is 2.32. The van der Waals surface area contributed by atoms with E-state index in [0.29, 0.717) is 17.1 Å². The molecule has 0 aliphatic heterocycles. The first kappa shape index (κ1) is 16.1. The van der Waals surface area contributed by atoms with E-state index in [1.807, 2.05) is 39.0 Å². The third-order valence-corrected chi connectivity index (χ3v) is 4.45. The molecule has 2 heterocycles. The quantitative estimate of drug-likeness (QED) is 0.573. The Morgan fingerprint density at radius 1 is 1.00 bits per heavy atom. The number of furan rings is 1. The molecule has 6 nitrogen and oxygen atoms in total. The van der Waals surface area contributed by atoms with Crippen molar-refractivity contribution < 1.29 is 18.8 Å². The second-order valence-electron chi connectivity index (χ2n) is 6.31. The SMILES string of the molecule is Cc1cc(C(=O)O)ccc1-c1noc(-c2cc3c(C)ccc(C)c3o2)n1. The minimum absolute atomic E-state index is 0.221. The van der Waals surface area contributed by atoms with E-state index in [2.05, 4.69) is 10.1 Å². The second kappa shape index (κ2) is 5.84. The van der Waals surface area contributed by atoms with Crippen LogP contribution >= 0.6 is 0 Å². The van der Waals surface area contributed by atoms with Crippen molar-refractivity contribution in [3.63, 3.8) is 0 Å². The summed E-state index contributed by atoms with van der Waals surface area (Å²) in [5.41, 5.74) is 4.65. The molecule has 0 spiro atoms. The fourth-order valence-corrected chi connectivity index (χ4v) is 2.98. The van der Waals surface area contributed by atoms with Crippen molar-refractivity contribution in [3.05, 3.63) is 58.7 Å². The number of hydrogen-bond donors (Lipinski definition) is 1. The van der Waals surface area contributed by atoms with E-state index in [4.69, 9.17) is 14.0 Å². The average molecular weight is 348 g/mol. The van der Waals surface area contributed by atoms with Crippen molar-refractivity contribution in [2.24, 2.45) is 0 Å². The number of carbonyl (C=O) groups is 1. The lowest BCUT2D eigenvalue weighted by Crippen LogP contribution is -1.97. The van der Waals surface area contributed by atoms with Gasteiger partial charge < -0.3 is 14.0 Å². The van der Waals surface area contributed by atoms with Crippen LogP contribution in [0.1, 0.15) is 27.0 Å². The maximum atomic E-state index is 11.1. The number of benzene rings is 2. The summed E-state index contributed by atoms with van der Waals surface area (Å²) < 4.78 is 11.3. The summed E-state index contributed by atoms with van der Waals surface area (Å²) in [5, 5.41) is 14.1. The van der Waals surface area contributed by atoms with Crippen LogP contribution in [-0.4, -0.2) is 21.2 Å². The number of aromatic carboxylic acids is 1. The van der Waals surface area contributed by atoms with Crippen LogP contribution in [0.3, 0.4) is 0 Å². The van der Waals surface area contributed by atoms with Gasteiger partial charge in [-0.1, -0.05) is 17.3 Å². The zero-order valence-electron chi connectivity index (χ0n) is 14.5. The highest BCUT2D eigenvalue weighted by atomic mass is 16.5. The number of carboxylic acids is 1. The van der Waals surface area contributed by atoms with Gasteiger partial charge in [-0.2, -0.15) is 4.98 Å². The number of carboxylic acid groups (broad SMARTS) is 1. The van der Waals surface area contributed by atoms with Gasteiger partial charge in [-0.25, -0.2) is 4.79 Å². The molecule has 0 radical (unpaired) electrons. The van der Waals surface area contributed by atoms with E-state index in [-0.39, 0.29) is 11.5 Å². The molecule has 6 heteroatoms. The van der Waals surface area contributed by atoms with E-state index in [0.717, 1.165) is 27.7 Å². The lowest BCUT2D eigenvalue weighted by atomic mass is 10.0. The minimum atomic E-state index is -0.971. The Balaban J connectivity index is 1.76. The smallest absolute Gasteiger partial charge is 0.335 e. The number of aryl methyl sites for hydroxylation is 3. The molecule has 2 aromatic heterocycles. The molecular formula is C20H16N2O4. The largest absolute Gasteiger partial charge is 0.478 e. The van der Waals surface area contributed by atoms with E-state index in [1.54, 1.807) is 12.1 Å². The van der Waals surface area contributed by atoms with Crippen LogP contribution in [0.2, 0.25) is 0 Å². The van der Waals surface area contributed by atoms with E-state index >= 15 is 0 Å². The third kappa shape index (κ3) is 2.56. The Labute approximate surface area is 149 Å². The van der Waals surface area contributed by atoms with Gasteiger partial charge in [-0.3, -0.25) is 0 Å². The van der Waals surface area contributed by atoms with Gasteiger partial charge in [-0.15, -0.1) is 0 Å². The van der Waals surface area contributed by atoms with Crippen molar-refractivity contribution in [3.8, 4) is 23.0 Å². The Morgan fingerprint density at radius 2 is 1.77 bits per heavy atom. The number of rotatable bonds is 3. The zero-order valence-corrected chi connectivity index (χ0v) is 14.5. The van der Waals surface area contributed by atoms with Crippen molar-refractivity contribution in [2.45, 2.75) is 20.8 Å². The summed E-state index contributed by atoms with van der Waals surface area (Å²) in [5.74, 6) is 0.220. The second-order valence-corrected chi connectivity index (χ2v) is 6.31. The Hall–Kier alpha value is -3.41. The number of nitrogens with zero attached hydrogens (tertiary/aromatic N) is 2. The van der Waals surface area contributed by atoms with Crippen molar-refractivity contribution in [1.29, 1.82) is 0 Å². The van der Waals surface area contributed by atoms with Gasteiger partial charge in [0.15, 0.2) is 5.76 Å². The molecule has 0 unspecified atom stereocenters. The molecule has 0 amide bonds. The lowest BCUT2D eigenvalue weighted by Gasteiger charge is -2.02. The molecule has 4 rings (SSSR count). The lowest BCUT2D eigenvalue weighted by molar-refractivity contribution is 0.0697. The van der Waals surface area contributed by atoms with Crippen LogP contribution in [0.25, 0.3) is 34.0 Å². The summed E-state index contributed by atoms with van der Waals surface area (Å²) >= 11 is 0. The first-order chi connectivity index (χ1) is 12.4. The molecule has 0 aliphatic carbocycles. The highest BCUT2D eigenvalue weighted by molar-refractivity contribution is 5.89. The van der Waals surface area contributed by atoms with Crippen LogP contribution in [-0.2, 0) is 0 Å². The number of aromatic nitrogens is 2. The monoisotopic (exact) mass is 348 g/mol. The van der Waals surface area contributed by atoms with Gasteiger partial charge in [0.2, 0.25) is 5.82 Å². The molecular weight excluding hydrogens is 332 g/mol. The zero-order chi connectivity index (χ0) is 18.4. The summed E-state index contributed by atoms with van der Waals surface area (Å²) in [6.07, 6.45) is 0. The summed E-state index contributed by atoms with van der Waals surface area (Å²) in [6.45, 7) is 5.82. The first-order valence-electron chi connectivity index (χ1n) is 8.12. The van der Waals surface area contributed by atoms with Gasteiger partial charge in [0.25, 0.3) is 5.89 Å². The minimum Gasteiger partial charge on any atom is -0.478 e. The Bertz CT molecular complexity index is 1120. The van der Waals surface area contributed by atoms with E-state index < -0.39 is 5.97 Å². The molecule has 0 saturated carbocycles. The predicted octanol–water partition coefficient (Wildman–Crippen LogP) is 4.77. The van der Waals surface area contributed by atoms with Gasteiger partial charge in [0.1, 0.15) is 5.58 Å². The maximum Gasteiger partial charge on any atom is 0.335 e. The van der Waals surface area contributed by atoms with Crippen LogP contribution in [0.5, 0.6) is 0 Å². The number of fused-ring (bicyclic) bond motifs is 1. The van der Waals surface area contributed by atoms with E-state index in [9.17, 15) is 4.79 Å². The third-order valence-electron chi connectivity index (χ3n) is 4.45. The predicted molar refractivity (Wildman–Crippen MR) is 96.1 cm³/mol. The van der Waals surface area contributed by atoms with Crippen LogP contribution in [0.15, 0.2) is 45.3 Å². The summed E-state index contributed by atoms with van der Waals surface area (Å²) in [6, 6.07) is 10.7. The fraction of sp³-hybridized carbons (Fsp3) is 0.150. The molecule has 26 heavy (non-hydrogen) atoms. The molecule has 0 aliphatic rings. The molecule has 1 N–H and O–H groups in total. The Kier molecular flexibility index (Phi) is 3.61.